The van der Waals surface area contributed by atoms with Crippen LogP contribution in [-0.4, -0.2) is 33.5 Å². The van der Waals surface area contributed by atoms with Crippen molar-refractivity contribution in [3.63, 3.8) is 0 Å². The number of methoxy groups -OCH3 is 1. The number of hydrogen-bond acceptors (Lipinski definition) is 4. The first-order valence-corrected chi connectivity index (χ1v) is 7.08. The first-order chi connectivity index (χ1) is 9.81. The standard InChI is InChI=1S/C15H22ClNO3/c1-3-19-15-11-13(12-17-8-10-18-2)5-6-14(15)20-9-4-7-16/h4-7,11,17H,3,8-10,12H2,1-2H3. The molecule has 0 spiro atoms. The van der Waals surface area contributed by atoms with Gasteiger partial charge in [-0.1, -0.05) is 17.7 Å². The minimum Gasteiger partial charge on any atom is -0.490 e. The van der Waals surface area contributed by atoms with Crippen LogP contribution in [0.25, 0.3) is 0 Å². The summed E-state index contributed by atoms with van der Waals surface area (Å²) in [5, 5.41) is 3.29. The van der Waals surface area contributed by atoms with Gasteiger partial charge in [-0.2, -0.15) is 0 Å². The Kier molecular flexibility index (Phi) is 8.87. The molecule has 0 saturated carbocycles. The highest BCUT2D eigenvalue weighted by Crippen LogP contribution is 2.28. The zero-order valence-electron chi connectivity index (χ0n) is 12.0. The van der Waals surface area contributed by atoms with E-state index in [1.807, 2.05) is 25.1 Å². The molecule has 0 aliphatic carbocycles. The van der Waals surface area contributed by atoms with E-state index in [0.717, 1.165) is 30.2 Å². The molecule has 1 rings (SSSR count). The van der Waals surface area contributed by atoms with Crippen LogP contribution in [0, 0.1) is 0 Å². The van der Waals surface area contributed by atoms with Crippen LogP contribution in [0.2, 0.25) is 0 Å². The van der Waals surface area contributed by atoms with Crippen molar-refractivity contribution in [2.24, 2.45) is 0 Å². The van der Waals surface area contributed by atoms with Crippen molar-refractivity contribution in [3.05, 3.63) is 35.4 Å². The quantitative estimate of drug-likeness (QED) is 0.674. The second-order valence-corrected chi connectivity index (χ2v) is 4.31. The third-order valence-electron chi connectivity index (χ3n) is 2.54. The summed E-state index contributed by atoms with van der Waals surface area (Å²) in [5.74, 6) is 1.48. The van der Waals surface area contributed by atoms with Gasteiger partial charge in [0.2, 0.25) is 0 Å². The van der Waals surface area contributed by atoms with E-state index in [-0.39, 0.29) is 0 Å². The van der Waals surface area contributed by atoms with Gasteiger partial charge >= 0.3 is 0 Å². The van der Waals surface area contributed by atoms with Crippen molar-refractivity contribution in [1.82, 2.24) is 5.32 Å². The third kappa shape index (κ3) is 6.28. The summed E-state index contributed by atoms with van der Waals surface area (Å²) in [6.45, 7) is 5.26. The van der Waals surface area contributed by atoms with E-state index in [1.54, 1.807) is 13.2 Å². The predicted molar refractivity (Wildman–Crippen MR) is 81.7 cm³/mol. The van der Waals surface area contributed by atoms with E-state index in [2.05, 4.69) is 5.32 Å². The summed E-state index contributed by atoms with van der Waals surface area (Å²) < 4.78 is 16.2. The number of benzene rings is 1. The number of nitrogens with one attached hydrogen (secondary N) is 1. The molecule has 0 saturated heterocycles. The number of hydrogen-bond donors (Lipinski definition) is 1. The van der Waals surface area contributed by atoms with Gasteiger partial charge in [-0.05, 0) is 30.7 Å². The van der Waals surface area contributed by atoms with Crippen LogP contribution in [0.15, 0.2) is 29.8 Å². The van der Waals surface area contributed by atoms with E-state index in [4.69, 9.17) is 25.8 Å². The molecule has 0 fully saturated rings. The molecule has 0 amide bonds. The Hall–Kier alpha value is -1.23. The highest BCUT2D eigenvalue weighted by Gasteiger charge is 2.06. The van der Waals surface area contributed by atoms with E-state index < -0.39 is 0 Å². The average Bonchev–Trinajstić information content (AvgIpc) is 2.46. The van der Waals surface area contributed by atoms with Crippen LogP contribution in [0.5, 0.6) is 11.5 Å². The maximum atomic E-state index is 5.60. The molecule has 112 valence electrons. The van der Waals surface area contributed by atoms with Crippen LogP contribution < -0.4 is 14.8 Å². The fraction of sp³-hybridized carbons (Fsp3) is 0.467. The zero-order chi connectivity index (χ0) is 14.6. The molecule has 0 radical (unpaired) electrons. The summed E-state index contributed by atoms with van der Waals surface area (Å²) in [4.78, 5) is 0. The maximum Gasteiger partial charge on any atom is 0.161 e. The van der Waals surface area contributed by atoms with Crippen molar-refractivity contribution in [2.75, 3.05) is 33.5 Å². The van der Waals surface area contributed by atoms with Crippen LogP contribution in [-0.2, 0) is 11.3 Å². The fourth-order valence-electron chi connectivity index (χ4n) is 1.63. The molecule has 1 aromatic rings. The summed E-state index contributed by atoms with van der Waals surface area (Å²) in [5.41, 5.74) is 2.58. The monoisotopic (exact) mass is 299 g/mol. The van der Waals surface area contributed by atoms with Gasteiger partial charge < -0.3 is 19.5 Å². The topological polar surface area (TPSA) is 39.7 Å². The molecule has 20 heavy (non-hydrogen) atoms. The molecule has 1 aromatic carbocycles. The third-order valence-corrected chi connectivity index (χ3v) is 2.72. The first-order valence-electron chi connectivity index (χ1n) is 6.65. The number of ether oxygens (including phenoxy) is 3. The van der Waals surface area contributed by atoms with Crippen LogP contribution in [0.1, 0.15) is 12.5 Å². The minimum absolute atomic E-state index is 0.426. The highest BCUT2D eigenvalue weighted by atomic mass is 35.5. The van der Waals surface area contributed by atoms with E-state index in [0.29, 0.717) is 19.8 Å². The molecule has 4 nitrogen and oxygen atoms in total. The molecule has 0 atom stereocenters. The van der Waals surface area contributed by atoms with Crippen molar-refractivity contribution in [1.29, 1.82) is 0 Å². The smallest absolute Gasteiger partial charge is 0.161 e. The Bertz CT molecular complexity index is 410. The molecule has 0 heterocycles. The number of rotatable bonds is 10. The summed E-state index contributed by atoms with van der Waals surface area (Å²) in [7, 11) is 1.69. The Morgan fingerprint density at radius 1 is 1.25 bits per heavy atom. The molecule has 0 unspecified atom stereocenters. The lowest BCUT2D eigenvalue weighted by Crippen LogP contribution is -2.18. The molecule has 0 aliphatic heterocycles. The normalized spacial score (nSPS) is 10.9. The van der Waals surface area contributed by atoms with E-state index >= 15 is 0 Å². The van der Waals surface area contributed by atoms with Gasteiger partial charge in [-0.25, -0.2) is 0 Å². The van der Waals surface area contributed by atoms with Gasteiger partial charge in [0.25, 0.3) is 0 Å². The summed E-state index contributed by atoms with van der Waals surface area (Å²) in [6, 6.07) is 5.92. The Morgan fingerprint density at radius 2 is 2.10 bits per heavy atom. The van der Waals surface area contributed by atoms with Crippen molar-refractivity contribution in [3.8, 4) is 11.5 Å². The predicted octanol–water partition coefficient (Wildman–Crippen LogP) is 2.95. The fourth-order valence-corrected chi connectivity index (χ4v) is 1.70. The van der Waals surface area contributed by atoms with Crippen LogP contribution in [0.4, 0.5) is 0 Å². The Labute approximate surface area is 125 Å². The average molecular weight is 300 g/mol. The first kappa shape index (κ1) is 16.8. The second kappa shape index (κ2) is 10.5. The molecule has 0 aromatic heterocycles. The maximum absolute atomic E-state index is 5.60. The molecular weight excluding hydrogens is 278 g/mol. The van der Waals surface area contributed by atoms with Crippen molar-refractivity contribution in [2.45, 2.75) is 13.5 Å². The lowest BCUT2D eigenvalue weighted by Gasteiger charge is -2.13. The molecule has 5 heteroatoms. The van der Waals surface area contributed by atoms with Gasteiger partial charge in [0.05, 0.1) is 13.2 Å². The largest absolute Gasteiger partial charge is 0.490 e. The summed E-state index contributed by atoms with van der Waals surface area (Å²) >= 11 is 5.47. The van der Waals surface area contributed by atoms with Crippen LogP contribution >= 0.6 is 11.6 Å². The molecule has 1 N–H and O–H groups in total. The van der Waals surface area contributed by atoms with Gasteiger partial charge in [0, 0.05) is 25.7 Å². The Balaban J connectivity index is 2.62. The minimum atomic E-state index is 0.426. The van der Waals surface area contributed by atoms with E-state index in [9.17, 15) is 0 Å². The lowest BCUT2D eigenvalue weighted by atomic mass is 10.2. The summed E-state index contributed by atoms with van der Waals surface area (Å²) in [6.07, 6.45) is 1.73. The molecular formula is C15H22ClNO3. The highest BCUT2D eigenvalue weighted by molar-refractivity contribution is 6.25. The Morgan fingerprint density at radius 3 is 2.80 bits per heavy atom. The number of halogens is 1. The van der Waals surface area contributed by atoms with Gasteiger partial charge in [0.1, 0.15) is 6.61 Å². The van der Waals surface area contributed by atoms with Gasteiger partial charge in [0.15, 0.2) is 11.5 Å². The SMILES string of the molecule is CCOc1cc(CNCCOC)ccc1OCC=CCl. The second-order valence-electron chi connectivity index (χ2n) is 4.06. The zero-order valence-corrected chi connectivity index (χ0v) is 12.8. The van der Waals surface area contributed by atoms with Crippen molar-refractivity contribution < 1.29 is 14.2 Å². The van der Waals surface area contributed by atoms with Gasteiger partial charge in [-0.15, -0.1) is 0 Å². The lowest BCUT2D eigenvalue weighted by molar-refractivity contribution is 0.199. The van der Waals surface area contributed by atoms with E-state index in [1.165, 1.54) is 5.54 Å². The molecule has 0 aliphatic rings. The van der Waals surface area contributed by atoms with Crippen molar-refractivity contribution >= 4 is 11.6 Å². The van der Waals surface area contributed by atoms with Gasteiger partial charge in [-0.3, -0.25) is 0 Å². The van der Waals surface area contributed by atoms with Crippen LogP contribution in [0.3, 0.4) is 0 Å². The molecule has 0 bridgehead atoms.